The number of nitrogens with zero attached hydrogens (tertiary/aromatic N) is 4. The number of rotatable bonds is 4. The number of ether oxygens (including phenoxy) is 1. The maximum absolute atomic E-state index is 12.9. The Morgan fingerprint density at radius 3 is 2.66 bits per heavy atom. The molecule has 8 heteroatoms. The quantitative estimate of drug-likeness (QED) is 0.770. The smallest absolute Gasteiger partial charge is 0.409 e. The third-order valence-electron chi connectivity index (χ3n) is 5.45. The summed E-state index contributed by atoms with van der Waals surface area (Å²) in [4.78, 5) is 35.0. The van der Waals surface area contributed by atoms with Gasteiger partial charge in [-0.1, -0.05) is 6.07 Å². The molecule has 7 nitrogen and oxygen atoms in total. The molecule has 2 amide bonds. The lowest BCUT2D eigenvalue weighted by Crippen LogP contribution is -2.51. The Bertz CT molecular complexity index is 905. The third-order valence-corrected chi connectivity index (χ3v) is 6.22. The first kappa shape index (κ1) is 19.8. The predicted octanol–water partition coefficient (Wildman–Crippen LogP) is 2.78. The molecule has 1 aromatic carbocycles. The Morgan fingerprint density at radius 2 is 1.97 bits per heavy atom. The van der Waals surface area contributed by atoms with Crippen LogP contribution in [0.2, 0.25) is 0 Å². The number of hydrogen-bond acceptors (Lipinski definition) is 6. The van der Waals surface area contributed by atoms with Crippen LogP contribution in [-0.2, 0) is 16.0 Å². The minimum atomic E-state index is -0.266. The van der Waals surface area contributed by atoms with Gasteiger partial charge in [0.05, 0.1) is 23.9 Å². The van der Waals surface area contributed by atoms with Crippen LogP contribution in [0.15, 0.2) is 23.6 Å². The molecule has 1 aromatic heterocycles. The van der Waals surface area contributed by atoms with Crippen LogP contribution in [0.25, 0.3) is 11.3 Å². The lowest BCUT2D eigenvalue weighted by atomic mass is 10.1. The van der Waals surface area contributed by atoms with E-state index in [0.29, 0.717) is 39.3 Å². The van der Waals surface area contributed by atoms with Crippen LogP contribution >= 0.6 is 11.3 Å². The number of carbonyl (C=O) groups is 2. The average molecular weight is 415 g/mol. The van der Waals surface area contributed by atoms with Crippen LogP contribution in [0, 0.1) is 6.92 Å². The van der Waals surface area contributed by atoms with E-state index in [-0.39, 0.29) is 12.0 Å². The number of benzene rings is 1. The van der Waals surface area contributed by atoms with E-state index in [1.807, 2.05) is 24.8 Å². The summed E-state index contributed by atoms with van der Waals surface area (Å²) < 4.78 is 5.05. The lowest BCUT2D eigenvalue weighted by Gasteiger charge is -2.34. The number of thiazole rings is 1. The predicted molar refractivity (Wildman–Crippen MR) is 113 cm³/mol. The van der Waals surface area contributed by atoms with E-state index in [2.05, 4.69) is 27.4 Å². The molecular formula is C21H26N4O3S. The summed E-state index contributed by atoms with van der Waals surface area (Å²) in [5.41, 5.74) is 4.32. The van der Waals surface area contributed by atoms with Gasteiger partial charge >= 0.3 is 6.09 Å². The van der Waals surface area contributed by atoms with Gasteiger partial charge in [0.1, 0.15) is 0 Å². The number of fused-ring (bicyclic) bond motifs is 1. The highest BCUT2D eigenvalue weighted by atomic mass is 32.1. The zero-order valence-electron chi connectivity index (χ0n) is 16.9. The van der Waals surface area contributed by atoms with Crippen molar-refractivity contribution < 1.29 is 14.3 Å². The molecule has 0 spiro atoms. The van der Waals surface area contributed by atoms with Crippen molar-refractivity contribution in [2.45, 2.75) is 20.3 Å². The van der Waals surface area contributed by atoms with Crippen molar-refractivity contribution in [1.29, 1.82) is 0 Å². The maximum Gasteiger partial charge on any atom is 0.409 e. The number of aromatic nitrogens is 1. The van der Waals surface area contributed by atoms with Gasteiger partial charge in [0.25, 0.3) is 0 Å². The summed E-state index contributed by atoms with van der Waals surface area (Å²) in [6, 6.07) is 6.26. The van der Waals surface area contributed by atoms with Crippen LogP contribution < -0.4 is 4.90 Å². The van der Waals surface area contributed by atoms with Crippen LogP contribution in [-0.4, -0.2) is 72.7 Å². The summed E-state index contributed by atoms with van der Waals surface area (Å²) >= 11 is 1.65. The van der Waals surface area contributed by atoms with E-state index >= 15 is 0 Å². The van der Waals surface area contributed by atoms with Crippen LogP contribution in [0.3, 0.4) is 0 Å². The van der Waals surface area contributed by atoms with Gasteiger partial charge in [0.15, 0.2) is 0 Å². The zero-order valence-corrected chi connectivity index (χ0v) is 17.7. The maximum atomic E-state index is 12.9. The molecule has 0 bridgehead atoms. The van der Waals surface area contributed by atoms with Gasteiger partial charge in [-0.3, -0.25) is 9.69 Å². The number of hydrogen-bond donors (Lipinski definition) is 0. The fourth-order valence-corrected chi connectivity index (χ4v) is 4.52. The topological polar surface area (TPSA) is 66.0 Å². The van der Waals surface area contributed by atoms with E-state index < -0.39 is 0 Å². The molecule has 2 aliphatic heterocycles. The summed E-state index contributed by atoms with van der Waals surface area (Å²) in [7, 11) is 0. The van der Waals surface area contributed by atoms with E-state index in [4.69, 9.17) is 4.74 Å². The molecule has 0 radical (unpaired) electrons. The molecular weight excluding hydrogens is 388 g/mol. The Balaban J connectivity index is 1.36. The minimum absolute atomic E-state index is 0.116. The van der Waals surface area contributed by atoms with E-state index in [9.17, 15) is 9.59 Å². The lowest BCUT2D eigenvalue weighted by molar-refractivity contribution is -0.120. The molecule has 29 heavy (non-hydrogen) atoms. The van der Waals surface area contributed by atoms with Crippen molar-refractivity contribution in [3.63, 3.8) is 0 Å². The van der Waals surface area contributed by atoms with Gasteiger partial charge in [-0.25, -0.2) is 9.78 Å². The van der Waals surface area contributed by atoms with Gasteiger partial charge in [-0.05, 0) is 38.0 Å². The number of aryl methyl sites for hydroxylation is 1. The molecule has 1 fully saturated rings. The normalized spacial score (nSPS) is 16.8. The van der Waals surface area contributed by atoms with Crippen molar-refractivity contribution in [2.75, 3.05) is 50.8 Å². The number of amides is 2. The van der Waals surface area contributed by atoms with Gasteiger partial charge in [-0.15, -0.1) is 11.3 Å². The molecule has 4 rings (SSSR count). The van der Waals surface area contributed by atoms with Crippen molar-refractivity contribution in [3.8, 4) is 11.3 Å². The van der Waals surface area contributed by atoms with Crippen LogP contribution in [0.5, 0.6) is 0 Å². The SMILES string of the molecule is CCOC(=O)N1CCN(CC(=O)N2CCc3cc(-c4csc(C)n4)ccc32)CC1. The first-order valence-electron chi connectivity index (χ1n) is 10.0. The first-order chi connectivity index (χ1) is 14.0. The molecule has 3 heterocycles. The highest BCUT2D eigenvalue weighted by Crippen LogP contribution is 2.32. The molecule has 2 aliphatic rings. The zero-order chi connectivity index (χ0) is 20.4. The molecule has 2 aromatic rings. The standard InChI is InChI=1S/C21H26N4O3S/c1-3-28-21(27)24-10-8-23(9-11-24)13-20(26)25-7-6-17-12-16(4-5-19(17)25)18-14-29-15(2)22-18/h4-5,12,14H,3,6-11,13H2,1-2H3. The van der Waals surface area contributed by atoms with E-state index in [1.54, 1.807) is 16.2 Å². The van der Waals surface area contributed by atoms with Gasteiger partial charge < -0.3 is 14.5 Å². The minimum Gasteiger partial charge on any atom is -0.450 e. The number of anilines is 1. The van der Waals surface area contributed by atoms with E-state index in [1.165, 1.54) is 5.56 Å². The molecule has 0 unspecified atom stereocenters. The highest BCUT2D eigenvalue weighted by Gasteiger charge is 2.28. The van der Waals surface area contributed by atoms with Gasteiger partial charge in [-0.2, -0.15) is 0 Å². The monoisotopic (exact) mass is 414 g/mol. The molecule has 154 valence electrons. The van der Waals surface area contributed by atoms with Crippen LogP contribution in [0.4, 0.5) is 10.5 Å². The largest absolute Gasteiger partial charge is 0.450 e. The molecule has 1 saturated heterocycles. The fraction of sp³-hybridized carbons (Fsp3) is 0.476. The van der Waals surface area contributed by atoms with Gasteiger partial charge in [0.2, 0.25) is 5.91 Å². The highest BCUT2D eigenvalue weighted by molar-refractivity contribution is 7.09. The second-order valence-electron chi connectivity index (χ2n) is 7.35. The Kier molecular flexibility index (Phi) is 5.82. The summed E-state index contributed by atoms with van der Waals surface area (Å²) in [5, 5.41) is 3.13. The summed E-state index contributed by atoms with van der Waals surface area (Å²) in [6.07, 6.45) is 0.604. The Hall–Kier alpha value is -2.45. The second-order valence-corrected chi connectivity index (χ2v) is 8.41. The summed E-state index contributed by atoms with van der Waals surface area (Å²) in [5.74, 6) is 0.116. The molecule has 0 aliphatic carbocycles. The second kappa shape index (κ2) is 8.51. The van der Waals surface area contributed by atoms with Crippen molar-refractivity contribution in [1.82, 2.24) is 14.8 Å². The van der Waals surface area contributed by atoms with Crippen molar-refractivity contribution >= 4 is 29.0 Å². The summed E-state index contributed by atoms with van der Waals surface area (Å²) in [6.45, 7) is 7.87. The molecule has 0 atom stereocenters. The van der Waals surface area contributed by atoms with E-state index in [0.717, 1.165) is 34.9 Å². The molecule has 0 saturated carbocycles. The number of carbonyl (C=O) groups excluding carboxylic acids is 2. The molecule has 0 N–H and O–H groups in total. The van der Waals surface area contributed by atoms with Crippen molar-refractivity contribution in [3.05, 3.63) is 34.2 Å². The van der Waals surface area contributed by atoms with Crippen molar-refractivity contribution in [2.24, 2.45) is 0 Å². The average Bonchev–Trinajstić information content (AvgIpc) is 3.34. The van der Waals surface area contributed by atoms with Gasteiger partial charge in [0, 0.05) is 49.4 Å². The Morgan fingerprint density at radius 1 is 1.17 bits per heavy atom. The first-order valence-corrected chi connectivity index (χ1v) is 10.9. The number of piperazine rings is 1. The third kappa shape index (κ3) is 4.28. The van der Waals surface area contributed by atoms with Crippen LogP contribution in [0.1, 0.15) is 17.5 Å². The Labute approximate surface area is 174 Å². The fourth-order valence-electron chi connectivity index (χ4n) is 3.90.